The number of Topliss-reactive ketones (excluding diaryl/α,β-unsaturated/α-hetero) is 1. The molecule has 0 saturated carbocycles. The molecule has 0 saturated heterocycles. The number of rotatable bonds is 3. The number of carbonyl (C=O) groups is 1. The van der Waals surface area contributed by atoms with Crippen molar-refractivity contribution in [3.63, 3.8) is 0 Å². The van der Waals surface area contributed by atoms with Gasteiger partial charge in [0.15, 0.2) is 6.04 Å². The van der Waals surface area contributed by atoms with Gasteiger partial charge in [0.25, 0.3) is 0 Å². The van der Waals surface area contributed by atoms with Gasteiger partial charge in [0.05, 0.1) is 0 Å². The van der Waals surface area contributed by atoms with E-state index in [4.69, 9.17) is 17.3 Å². The van der Waals surface area contributed by atoms with Gasteiger partial charge in [-0.05, 0) is 17.7 Å². The lowest BCUT2D eigenvalue weighted by Crippen LogP contribution is -2.74. The number of nitrogens with one attached hydrogen (secondary N) is 2. The molecule has 4 N–H and O–H groups in total. The standard InChI is InChI=1S/C16H14ClN3O/c17-12-8-6-10(7-9-12)13-14(20-16(18)19-13)15(21)11-4-2-1-3-5-11/h1-9,13-14H,(H3,18,19,20)/p+1/t13-,14+/m1/s1. The normalized spacial score (nSPS) is 20.7. The van der Waals surface area contributed by atoms with Crippen LogP contribution >= 0.6 is 11.6 Å². The average Bonchev–Trinajstić information content (AvgIpc) is 2.90. The zero-order valence-corrected chi connectivity index (χ0v) is 12.0. The first-order valence-electron chi connectivity index (χ1n) is 6.65. The lowest BCUT2D eigenvalue weighted by atomic mass is 9.94. The van der Waals surface area contributed by atoms with Crippen LogP contribution in [0.3, 0.4) is 0 Å². The molecule has 106 valence electrons. The Morgan fingerprint density at radius 1 is 1.10 bits per heavy atom. The van der Waals surface area contributed by atoms with Crippen molar-refractivity contribution in [1.82, 2.24) is 5.32 Å². The molecule has 0 radical (unpaired) electrons. The number of halogens is 1. The molecule has 1 heterocycles. The number of hydrogen-bond acceptors (Lipinski definition) is 3. The van der Waals surface area contributed by atoms with Crippen molar-refractivity contribution in [3.05, 3.63) is 70.7 Å². The van der Waals surface area contributed by atoms with E-state index in [1.807, 2.05) is 30.3 Å². The van der Waals surface area contributed by atoms with Crippen LogP contribution in [-0.4, -0.2) is 17.8 Å². The van der Waals surface area contributed by atoms with Crippen LogP contribution in [0.25, 0.3) is 0 Å². The highest BCUT2D eigenvalue weighted by Crippen LogP contribution is 2.20. The van der Waals surface area contributed by atoms with Crippen molar-refractivity contribution in [2.45, 2.75) is 12.1 Å². The summed E-state index contributed by atoms with van der Waals surface area (Å²) in [7, 11) is 0. The minimum absolute atomic E-state index is 0.00324. The molecule has 1 aliphatic heterocycles. The van der Waals surface area contributed by atoms with Crippen molar-refractivity contribution < 1.29 is 9.79 Å². The largest absolute Gasteiger partial charge is 0.342 e. The van der Waals surface area contributed by atoms with E-state index in [2.05, 4.69) is 10.3 Å². The maximum atomic E-state index is 12.6. The second-order valence-electron chi connectivity index (χ2n) is 4.94. The first kappa shape index (κ1) is 13.6. The predicted molar refractivity (Wildman–Crippen MR) is 82.0 cm³/mol. The van der Waals surface area contributed by atoms with E-state index in [1.165, 1.54) is 0 Å². The van der Waals surface area contributed by atoms with Crippen LogP contribution in [-0.2, 0) is 0 Å². The fourth-order valence-corrected chi connectivity index (χ4v) is 2.61. The Kier molecular flexibility index (Phi) is 3.62. The number of benzene rings is 2. The second kappa shape index (κ2) is 5.58. The first-order chi connectivity index (χ1) is 10.1. The van der Waals surface area contributed by atoms with Crippen molar-refractivity contribution in [3.8, 4) is 0 Å². The molecule has 0 amide bonds. The number of carbonyl (C=O) groups excluding carboxylic acids is 1. The van der Waals surface area contributed by atoms with Gasteiger partial charge < -0.3 is 0 Å². The van der Waals surface area contributed by atoms with E-state index in [1.54, 1.807) is 24.3 Å². The molecule has 0 aliphatic carbocycles. The lowest BCUT2D eigenvalue weighted by Gasteiger charge is -2.14. The average molecular weight is 301 g/mol. The van der Waals surface area contributed by atoms with Gasteiger partial charge in [0.1, 0.15) is 6.04 Å². The summed E-state index contributed by atoms with van der Waals surface area (Å²) in [6, 6.07) is 15.9. The van der Waals surface area contributed by atoms with E-state index in [9.17, 15) is 4.79 Å². The molecule has 0 aromatic heterocycles. The number of ketones is 1. The van der Waals surface area contributed by atoms with Crippen LogP contribution < -0.4 is 16.0 Å². The van der Waals surface area contributed by atoms with Crippen molar-refractivity contribution in [1.29, 1.82) is 0 Å². The molecule has 3 rings (SSSR count). The van der Waals surface area contributed by atoms with Gasteiger partial charge in [-0.15, -0.1) is 0 Å². The minimum Gasteiger partial charge on any atom is -0.291 e. The summed E-state index contributed by atoms with van der Waals surface area (Å²) in [6.45, 7) is 0. The zero-order valence-electron chi connectivity index (χ0n) is 11.2. The molecule has 2 aromatic carbocycles. The van der Waals surface area contributed by atoms with Gasteiger partial charge in [-0.1, -0.05) is 54.1 Å². The molecule has 0 bridgehead atoms. The monoisotopic (exact) mass is 300 g/mol. The smallest absolute Gasteiger partial charge is 0.291 e. The van der Waals surface area contributed by atoms with Gasteiger partial charge in [-0.3, -0.25) is 20.8 Å². The summed E-state index contributed by atoms with van der Waals surface area (Å²) in [5, 5.41) is 3.68. The highest BCUT2D eigenvalue weighted by molar-refractivity contribution is 6.30. The van der Waals surface area contributed by atoms with E-state index < -0.39 is 6.04 Å². The van der Waals surface area contributed by atoms with Crippen molar-refractivity contribution in [2.24, 2.45) is 5.73 Å². The predicted octanol–water partition coefficient (Wildman–Crippen LogP) is 0.631. The molecular formula is C16H15ClN3O+. The molecular weight excluding hydrogens is 286 g/mol. The van der Waals surface area contributed by atoms with E-state index >= 15 is 0 Å². The Labute approximate surface area is 127 Å². The highest BCUT2D eigenvalue weighted by atomic mass is 35.5. The van der Waals surface area contributed by atoms with Crippen LogP contribution in [0.5, 0.6) is 0 Å². The molecule has 4 nitrogen and oxygen atoms in total. The summed E-state index contributed by atoms with van der Waals surface area (Å²) in [5.41, 5.74) is 7.43. The summed E-state index contributed by atoms with van der Waals surface area (Å²) in [6.07, 6.45) is 0. The third-order valence-corrected chi connectivity index (χ3v) is 3.78. The molecule has 2 atom stereocenters. The van der Waals surface area contributed by atoms with Crippen molar-refractivity contribution in [2.75, 3.05) is 0 Å². The molecule has 0 spiro atoms. The Balaban J connectivity index is 1.91. The van der Waals surface area contributed by atoms with Crippen LogP contribution in [0.1, 0.15) is 22.0 Å². The van der Waals surface area contributed by atoms with E-state index in [0.29, 0.717) is 16.5 Å². The van der Waals surface area contributed by atoms with Gasteiger partial charge >= 0.3 is 5.96 Å². The van der Waals surface area contributed by atoms with Gasteiger partial charge in [-0.25, -0.2) is 0 Å². The molecule has 0 unspecified atom stereocenters. The van der Waals surface area contributed by atoms with Gasteiger partial charge in [0, 0.05) is 10.6 Å². The summed E-state index contributed by atoms with van der Waals surface area (Å²) >= 11 is 5.91. The number of guanidine groups is 1. The third-order valence-electron chi connectivity index (χ3n) is 3.53. The van der Waals surface area contributed by atoms with E-state index in [-0.39, 0.29) is 11.8 Å². The van der Waals surface area contributed by atoms with Crippen molar-refractivity contribution >= 4 is 23.3 Å². The number of hydrogen-bond donors (Lipinski definition) is 3. The Morgan fingerprint density at radius 3 is 2.43 bits per heavy atom. The molecule has 21 heavy (non-hydrogen) atoms. The Hall–Kier alpha value is -2.33. The quantitative estimate of drug-likeness (QED) is 0.728. The summed E-state index contributed by atoms with van der Waals surface area (Å²) in [5.74, 6) is 0.410. The van der Waals surface area contributed by atoms with Crippen LogP contribution in [0.4, 0.5) is 0 Å². The minimum atomic E-state index is -0.437. The van der Waals surface area contributed by atoms with Crippen LogP contribution in [0, 0.1) is 0 Å². The molecule has 1 aliphatic rings. The fourth-order valence-electron chi connectivity index (χ4n) is 2.49. The maximum absolute atomic E-state index is 12.6. The zero-order chi connectivity index (χ0) is 14.8. The number of nitrogens with two attached hydrogens (primary N) is 1. The highest BCUT2D eigenvalue weighted by Gasteiger charge is 2.39. The topological polar surface area (TPSA) is 69.1 Å². The lowest BCUT2D eigenvalue weighted by molar-refractivity contribution is -0.500. The van der Waals surface area contributed by atoms with Gasteiger partial charge in [0.2, 0.25) is 5.78 Å². The molecule has 5 heteroatoms. The summed E-state index contributed by atoms with van der Waals surface area (Å²) in [4.78, 5) is 15.8. The maximum Gasteiger partial charge on any atom is 0.342 e. The third kappa shape index (κ3) is 2.76. The Bertz CT molecular complexity index is 682. The van der Waals surface area contributed by atoms with E-state index in [0.717, 1.165) is 5.56 Å². The van der Waals surface area contributed by atoms with Crippen LogP contribution in [0.15, 0.2) is 54.6 Å². The van der Waals surface area contributed by atoms with Gasteiger partial charge in [-0.2, -0.15) is 0 Å². The van der Waals surface area contributed by atoms with Crippen LogP contribution in [0.2, 0.25) is 5.02 Å². The molecule has 2 aromatic rings. The Morgan fingerprint density at radius 2 is 1.76 bits per heavy atom. The fraction of sp³-hybridized carbons (Fsp3) is 0.125. The molecule has 0 fully saturated rings. The second-order valence-corrected chi connectivity index (χ2v) is 5.38. The SMILES string of the molecule is NC1=[NH+][C@H](c2ccc(Cl)cc2)[C@@H](C(=O)c2ccccc2)N1. The summed E-state index contributed by atoms with van der Waals surface area (Å²) < 4.78 is 0. The first-order valence-corrected chi connectivity index (χ1v) is 7.03.